The largest absolute Gasteiger partial charge is 0.349 e. The van der Waals surface area contributed by atoms with Gasteiger partial charge >= 0.3 is 0 Å². The molecule has 4 rings (SSSR count). The first-order valence-corrected chi connectivity index (χ1v) is 10.1. The quantitative estimate of drug-likeness (QED) is 0.710. The van der Waals surface area contributed by atoms with Crippen molar-refractivity contribution in [3.05, 3.63) is 69.0 Å². The number of amides is 1. The zero-order valence-electron chi connectivity index (χ0n) is 16.7. The molecule has 29 heavy (non-hydrogen) atoms. The van der Waals surface area contributed by atoms with Gasteiger partial charge < -0.3 is 5.32 Å². The third-order valence-corrected chi connectivity index (χ3v) is 5.88. The molecular weight excluding hydrogens is 371 g/mol. The van der Waals surface area contributed by atoms with E-state index in [0.29, 0.717) is 33.9 Å². The fourth-order valence-electron chi connectivity index (χ4n) is 4.03. The summed E-state index contributed by atoms with van der Waals surface area (Å²) in [6, 6.07) is 6.53. The Labute approximate surface area is 168 Å². The van der Waals surface area contributed by atoms with Gasteiger partial charge in [-0.15, -0.1) is 0 Å². The van der Waals surface area contributed by atoms with Crippen LogP contribution in [0, 0.1) is 18.7 Å². The summed E-state index contributed by atoms with van der Waals surface area (Å²) in [5.74, 6) is 0.119. The van der Waals surface area contributed by atoms with Crippen LogP contribution in [-0.2, 0) is 6.42 Å². The summed E-state index contributed by atoms with van der Waals surface area (Å²) in [6.07, 6.45) is 5.80. The molecule has 1 aliphatic rings. The van der Waals surface area contributed by atoms with Crippen molar-refractivity contribution in [1.82, 2.24) is 19.9 Å². The average Bonchev–Trinajstić information content (AvgIpc) is 3.12. The molecule has 1 fully saturated rings. The number of fused-ring (bicyclic) bond motifs is 1. The van der Waals surface area contributed by atoms with Crippen LogP contribution in [0.4, 0.5) is 4.39 Å². The summed E-state index contributed by atoms with van der Waals surface area (Å²) in [5, 5.41) is 5.91. The number of nitrogens with one attached hydrogen (secondary N) is 2. The summed E-state index contributed by atoms with van der Waals surface area (Å²) in [7, 11) is 0. The van der Waals surface area contributed by atoms with E-state index in [1.54, 1.807) is 25.1 Å². The molecule has 1 aliphatic carbocycles. The fourth-order valence-corrected chi connectivity index (χ4v) is 4.03. The summed E-state index contributed by atoms with van der Waals surface area (Å²) in [5.41, 5.74) is 1.67. The normalized spacial score (nSPS) is 19.4. The number of hydrogen-bond donors (Lipinski definition) is 2. The van der Waals surface area contributed by atoms with Gasteiger partial charge in [-0.2, -0.15) is 0 Å². The van der Waals surface area contributed by atoms with Crippen molar-refractivity contribution in [2.75, 3.05) is 0 Å². The van der Waals surface area contributed by atoms with E-state index >= 15 is 0 Å². The van der Waals surface area contributed by atoms with Gasteiger partial charge in [-0.3, -0.25) is 14.7 Å². The lowest BCUT2D eigenvalue weighted by Gasteiger charge is -2.26. The minimum atomic E-state index is -0.357. The highest BCUT2D eigenvalue weighted by Gasteiger charge is 2.23. The standard InChI is InChI=1S/C22H25FN4O2/c1-13-7-9-16(10-8-13)26-21(28)18-12-24-27-20(18)25-14(2)17(22(27)29)11-15-5-3-4-6-19(15)23/h3-6,12-13,16,24H,7-11H2,1-2H3,(H,26,28). The predicted molar refractivity (Wildman–Crippen MR) is 109 cm³/mol. The molecule has 1 aromatic carbocycles. The Hall–Kier alpha value is -2.96. The van der Waals surface area contributed by atoms with E-state index in [0.717, 1.165) is 25.7 Å². The van der Waals surface area contributed by atoms with Crippen LogP contribution < -0.4 is 10.9 Å². The third kappa shape index (κ3) is 3.81. The summed E-state index contributed by atoms with van der Waals surface area (Å²) in [6.45, 7) is 3.95. The van der Waals surface area contributed by atoms with E-state index in [9.17, 15) is 14.0 Å². The Kier molecular flexibility index (Phi) is 5.22. The van der Waals surface area contributed by atoms with Crippen LogP contribution in [0.5, 0.6) is 0 Å². The topological polar surface area (TPSA) is 79.3 Å². The third-order valence-electron chi connectivity index (χ3n) is 5.88. The number of hydrogen-bond acceptors (Lipinski definition) is 3. The van der Waals surface area contributed by atoms with Crippen molar-refractivity contribution in [3.8, 4) is 0 Å². The minimum Gasteiger partial charge on any atom is -0.349 e. The van der Waals surface area contributed by atoms with Gasteiger partial charge in [0.05, 0.1) is 0 Å². The number of nitrogens with zero attached hydrogens (tertiary/aromatic N) is 2. The summed E-state index contributed by atoms with van der Waals surface area (Å²) < 4.78 is 15.3. The summed E-state index contributed by atoms with van der Waals surface area (Å²) in [4.78, 5) is 30.2. The molecule has 3 aromatic rings. The molecule has 0 radical (unpaired) electrons. The van der Waals surface area contributed by atoms with Gasteiger partial charge in [0, 0.05) is 29.9 Å². The number of rotatable bonds is 4. The van der Waals surface area contributed by atoms with Crippen molar-refractivity contribution in [2.24, 2.45) is 5.92 Å². The molecule has 1 amide bonds. The van der Waals surface area contributed by atoms with Gasteiger partial charge in [0.25, 0.3) is 11.5 Å². The van der Waals surface area contributed by atoms with E-state index in [1.807, 2.05) is 0 Å². The number of carbonyl (C=O) groups is 1. The monoisotopic (exact) mass is 396 g/mol. The Morgan fingerprint density at radius 3 is 2.72 bits per heavy atom. The molecular formula is C22H25FN4O2. The highest BCUT2D eigenvalue weighted by molar-refractivity contribution is 5.99. The molecule has 2 heterocycles. The molecule has 0 saturated heterocycles. The van der Waals surface area contributed by atoms with Gasteiger partial charge in [-0.05, 0) is 50.2 Å². The number of aromatic amines is 1. The molecule has 7 heteroatoms. The molecule has 0 atom stereocenters. The smallest absolute Gasteiger partial charge is 0.276 e. The van der Waals surface area contributed by atoms with Gasteiger partial charge in [0.2, 0.25) is 0 Å². The number of H-pyrrole nitrogens is 1. The molecule has 2 N–H and O–H groups in total. The lowest BCUT2D eigenvalue weighted by molar-refractivity contribution is 0.0924. The molecule has 1 saturated carbocycles. The van der Waals surface area contributed by atoms with Gasteiger partial charge in [-0.1, -0.05) is 25.1 Å². The van der Waals surface area contributed by atoms with Gasteiger partial charge in [0.1, 0.15) is 11.4 Å². The van der Waals surface area contributed by atoms with E-state index in [1.165, 1.54) is 16.8 Å². The lowest BCUT2D eigenvalue weighted by Crippen LogP contribution is -2.37. The fraction of sp³-hybridized carbons (Fsp3) is 0.409. The van der Waals surface area contributed by atoms with Crippen LogP contribution in [0.1, 0.15) is 59.8 Å². The van der Waals surface area contributed by atoms with E-state index in [-0.39, 0.29) is 29.7 Å². The maximum Gasteiger partial charge on any atom is 0.276 e. The predicted octanol–water partition coefficient (Wildman–Crippen LogP) is 3.37. The molecule has 0 aliphatic heterocycles. The first kappa shape index (κ1) is 19.4. The van der Waals surface area contributed by atoms with Crippen LogP contribution in [-0.4, -0.2) is 26.5 Å². The lowest BCUT2D eigenvalue weighted by atomic mass is 9.87. The molecule has 2 aromatic heterocycles. The van der Waals surface area contributed by atoms with Crippen molar-refractivity contribution >= 4 is 11.6 Å². The van der Waals surface area contributed by atoms with Gasteiger partial charge in [-0.25, -0.2) is 13.9 Å². The van der Waals surface area contributed by atoms with Crippen molar-refractivity contribution in [2.45, 2.75) is 52.0 Å². The molecule has 0 unspecified atom stereocenters. The van der Waals surface area contributed by atoms with Gasteiger partial charge in [0.15, 0.2) is 5.65 Å². The molecule has 6 nitrogen and oxygen atoms in total. The Balaban J connectivity index is 1.63. The van der Waals surface area contributed by atoms with E-state index in [2.05, 4.69) is 22.3 Å². The molecule has 152 valence electrons. The maximum atomic E-state index is 14.0. The van der Waals surface area contributed by atoms with Crippen molar-refractivity contribution in [3.63, 3.8) is 0 Å². The highest BCUT2D eigenvalue weighted by Crippen LogP contribution is 2.24. The second-order valence-electron chi connectivity index (χ2n) is 8.03. The number of carbonyl (C=O) groups excluding carboxylic acids is 1. The van der Waals surface area contributed by atoms with E-state index in [4.69, 9.17) is 0 Å². The van der Waals surface area contributed by atoms with Crippen LogP contribution >= 0.6 is 0 Å². The van der Waals surface area contributed by atoms with Crippen LogP contribution in [0.15, 0.2) is 35.3 Å². The molecule has 0 bridgehead atoms. The number of halogens is 1. The van der Waals surface area contributed by atoms with Crippen LogP contribution in [0.2, 0.25) is 0 Å². The summed E-state index contributed by atoms with van der Waals surface area (Å²) >= 11 is 0. The SMILES string of the molecule is Cc1nc2c(C(=O)NC3CCC(C)CC3)c[nH]n2c(=O)c1Cc1ccccc1F. The number of benzene rings is 1. The zero-order valence-corrected chi connectivity index (χ0v) is 16.7. The second-order valence-corrected chi connectivity index (χ2v) is 8.03. The van der Waals surface area contributed by atoms with Crippen molar-refractivity contribution < 1.29 is 9.18 Å². The van der Waals surface area contributed by atoms with Crippen LogP contribution in [0.25, 0.3) is 5.65 Å². The highest BCUT2D eigenvalue weighted by atomic mass is 19.1. The Bertz CT molecular complexity index is 1110. The Morgan fingerprint density at radius 1 is 1.28 bits per heavy atom. The van der Waals surface area contributed by atoms with E-state index < -0.39 is 0 Å². The first-order valence-electron chi connectivity index (χ1n) is 10.1. The first-order chi connectivity index (χ1) is 13.9. The number of aromatic nitrogens is 3. The van der Waals surface area contributed by atoms with Crippen molar-refractivity contribution in [1.29, 1.82) is 0 Å². The number of aryl methyl sites for hydroxylation is 1. The average molecular weight is 396 g/mol. The molecule has 0 spiro atoms. The second kappa shape index (κ2) is 7.81. The maximum absolute atomic E-state index is 14.0. The minimum absolute atomic E-state index is 0.147. The van der Waals surface area contributed by atoms with Crippen LogP contribution in [0.3, 0.4) is 0 Å². The zero-order chi connectivity index (χ0) is 20.5. The Morgan fingerprint density at radius 2 is 2.00 bits per heavy atom.